The molecule has 0 saturated carbocycles. The van der Waals surface area contributed by atoms with Crippen LogP contribution in [0.15, 0.2) is 0 Å². The second-order valence-electron chi connectivity index (χ2n) is 7.29. The molecule has 2 aliphatic rings. The summed E-state index contributed by atoms with van der Waals surface area (Å²) >= 11 is 0. The zero-order valence-electron chi connectivity index (χ0n) is 11.1. The highest BCUT2D eigenvalue weighted by Crippen LogP contribution is 2.53. The van der Waals surface area contributed by atoms with Crippen LogP contribution in [0.5, 0.6) is 0 Å². The summed E-state index contributed by atoms with van der Waals surface area (Å²) in [4.78, 5) is 2.83. The Kier molecular flexibility index (Phi) is 2.72. The molecule has 0 N–H and O–H groups in total. The van der Waals surface area contributed by atoms with E-state index in [4.69, 9.17) is 0 Å². The molecule has 1 nitrogen and oxygen atoms in total. The molecular formula is C13H26NP. The van der Waals surface area contributed by atoms with Gasteiger partial charge in [0, 0.05) is 17.6 Å². The second-order valence-corrected chi connectivity index (χ2v) is 8.85. The first-order valence-electron chi connectivity index (χ1n) is 6.23. The quantitative estimate of drug-likeness (QED) is 0.574. The standard InChI is InChI=1S/C13H26NP/c1-12(2,3)11-10-7-9(8-15-10)14(11)13(4,5)6/h9-11,15H,7-8H2,1-6H3. The molecule has 2 fully saturated rings. The number of hydrogen-bond acceptors (Lipinski definition) is 1. The van der Waals surface area contributed by atoms with E-state index in [-0.39, 0.29) is 0 Å². The third-order valence-corrected chi connectivity index (χ3v) is 5.66. The lowest BCUT2D eigenvalue weighted by Gasteiger charge is -2.49. The van der Waals surface area contributed by atoms with E-state index < -0.39 is 0 Å². The predicted octanol–water partition coefficient (Wildman–Crippen LogP) is 3.33. The molecule has 0 aromatic carbocycles. The zero-order valence-corrected chi connectivity index (χ0v) is 12.1. The predicted molar refractivity (Wildman–Crippen MR) is 70.2 cm³/mol. The van der Waals surface area contributed by atoms with E-state index in [1.807, 2.05) is 0 Å². The van der Waals surface area contributed by atoms with Crippen LogP contribution in [0.2, 0.25) is 0 Å². The third-order valence-electron chi connectivity index (χ3n) is 3.88. The molecule has 4 unspecified atom stereocenters. The third kappa shape index (κ3) is 1.98. The Morgan fingerprint density at radius 2 is 1.67 bits per heavy atom. The van der Waals surface area contributed by atoms with Gasteiger partial charge in [0.15, 0.2) is 0 Å². The molecule has 2 bridgehead atoms. The Morgan fingerprint density at radius 1 is 1.07 bits per heavy atom. The Labute approximate surface area is 96.8 Å². The van der Waals surface area contributed by atoms with Gasteiger partial charge in [-0.3, -0.25) is 4.90 Å². The molecule has 0 spiro atoms. The summed E-state index contributed by atoms with van der Waals surface area (Å²) in [5, 5.41) is 0. The van der Waals surface area contributed by atoms with Gasteiger partial charge in [-0.1, -0.05) is 20.8 Å². The highest BCUT2D eigenvalue weighted by Gasteiger charge is 2.53. The van der Waals surface area contributed by atoms with Gasteiger partial charge in [0.05, 0.1) is 0 Å². The summed E-state index contributed by atoms with van der Waals surface area (Å²) in [7, 11) is 1.23. The number of hydrogen-bond donors (Lipinski definition) is 0. The van der Waals surface area contributed by atoms with Crippen molar-refractivity contribution in [3.63, 3.8) is 0 Å². The van der Waals surface area contributed by atoms with Crippen molar-refractivity contribution in [1.29, 1.82) is 0 Å². The zero-order chi connectivity index (χ0) is 11.4. The van der Waals surface area contributed by atoms with Crippen molar-refractivity contribution >= 4 is 8.58 Å². The van der Waals surface area contributed by atoms with E-state index in [9.17, 15) is 0 Å². The molecule has 0 aliphatic carbocycles. The van der Waals surface area contributed by atoms with E-state index in [0.717, 1.165) is 17.7 Å². The fourth-order valence-corrected chi connectivity index (χ4v) is 5.87. The van der Waals surface area contributed by atoms with Crippen LogP contribution in [0.1, 0.15) is 48.0 Å². The summed E-state index contributed by atoms with van der Waals surface area (Å²) in [6, 6.07) is 1.70. The normalized spacial score (nSPS) is 39.2. The van der Waals surface area contributed by atoms with Crippen LogP contribution < -0.4 is 0 Å². The molecule has 15 heavy (non-hydrogen) atoms. The van der Waals surface area contributed by atoms with Crippen molar-refractivity contribution < 1.29 is 0 Å². The molecule has 0 aromatic heterocycles. The molecular weight excluding hydrogens is 201 g/mol. The maximum absolute atomic E-state index is 2.83. The smallest absolute Gasteiger partial charge is 0.0218 e. The summed E-state index contributed by atoms with van der Waals surface area (Å²) in [6.45, 7) is 14.4. The highest BCUT2D eigenvalue weighted by molar-refractivity contribution is 7.39. The lowest BCUT2D eigenvalue weighted by molar-refractivity contribution is 0.0292. The van der Waals surface area contributed by atoms with E-state index in [1.165, 1.54) is 21.2 Å². The van der Waals surface area contributed by atoms with Crippen molar-refractivity contribution in [3.05, 3.63) is 0 Å². The van der Waals surface area contributed by atoms with Gasteiger partial charge in [-0.15, -0.1) is 8.58 Å². The average Bonchev–Trinajstić information content (AvgIpc) is 2.56. The maximum atomic E-state index is 2.83. The van der Waals surface area contributed by atoms with Crippen LogP contribution in [0, 0.1) is 5.41 Å². The van der Waals surface area contributed by atoms with Crippen LogP contribution in [0.3, 0.4) is 0 Å². The summed E-state index contributed by atoms with van der Waals surface area (Å²) < 4.78 is 0. The molecule has 0 amide bonds. The monoisotopic (exact) mass is 227 g/mol. The van der Waals surface area contributed by atoms with Crippen molar-refractivity contribution in [2.75, 3.05) is 6.16 Å². The number of rotatable bonds is 0. The highest BCUT2D eigenvalue weighted by atomic mass is 31.1. The largest absolute Gasteiger partial charge is 0.291 e. The molecule has 0 aromatic rings. The van der Waals surface area contributed by atoms with Gasteiger partial charge in [-0.2, -0.15) is 0 Å². The Morgan fingerprint density at radius 3 is 2.07 bits per heavy atom. The fraction of sp³-hybridized carbons (Fsp3) is 1.00. The van der Waals surface area contributed by atoms with Crippen LogP contribution in [-0.2, 0) is 0 Å². The van der Waals surface area contributed by atoms with Crippen molar-refractivity contribution in [3.8, 4) is 0 Å². The van der Waals surface area contributed by atoms with Gasteiger partial charge in [-0.05, 0) is 44.4 Å². The lowest BCUT2D eigenvalue weighted by Crippen LogP contribution is -2.57. The minimum Gasteiger partial charge on any atom is -0.291 e. The van der Waals surface area contributed by atoms with Crippen molar-refractivity contribution in [2.45, 2.75) is 71.2 Å². The van der Waals surface area contributed by atoms with Gasteiger partial charge in [-0.25, -0.2) is 0 Å². The van der Waals surface area contributed by atoms with E-state index in [1.54, 1.807) is 0 Å². The maximum Gasteiger partial charge on any atom is 0.0218 e. The van der Waals surface area contributed by atoms with E-state index in [0.29, 0.717) is 11.0 Å². The molecule has 2 aliphatic heterocycles. The van der Waals surface area contributed by atoms with Crippen LogP contribution in [-0.4, -0.2) is 34.3 Å². The fourth-order valence-electron chi connectivity index (χ4n) is 3.61. The lowest BCUT2D eigenvalue weighted by atomic mass is 9.83. The Hall–Kier alpha value is 0.390. The number of likely N-dealkylation sites (tertiary alicyclic amines) is 1. The number of fused-ring (bicyclic) bond motifs is 2. The van der Waals surface area contributed by atoms with Crippen LogP contribution >= 0.6 is 8.58 Å². The van der Waals surface area contributed by atoms with E-state index >= 15 is 0 Å². The van der Waals surface area contributed by atoms with Gasteiger partial charge < -0.3 is 0 Å². The minimum absolute atomic E-state index is 0.349. The molecule has 2 saturated heterocycles. The molecule has 2 rings (SSSR count). The minimum atomic E-state index is 0.349. The van der Waals surface area contributed by atoms with E-state index in [2.05, 4.69) is 46.4 Å². The van der Waals surface area contributed by atoms with Crippen molar-refractivity contribution in [1.82, 2.24) is 4.90 Å². The first-order chi connectivity index (χ1) is 6.71. The number of nitrogens with zero attached hydrogens (tertiary/aromatic N) is 1. The second kappa shape index (κ2) is 3.44. The first kappa shape index (κ1) is 11.9. The topological polar surface area (TPSA) is 3.24 Å². The van der Waals surface area contributed by atoms with Gasteiger partial charge in [0.25, 0.3) is 0 Å². The summed E-state index contributed by atoms with van der Waals surface area (Å²) in [5.74, 6) is 0. The first-order valence-corrected chi connectivity index (χ1v) is 7.51. The Bertz CT molecular complexity index is 222. The summed E-state index contributed by atoms with van der Waals surface area (Å²) in [6.07, 6.45) is 2.94. The van der Waals surface area contributed by atoms with Crippen LogP contribution in [0.4, 0.5) is 0 Å². The molecule has 2 heterocycles. The van der Waals surface area contributed by atoms with Gasteiger partial charge in [0.2, 0.25) is 0 Å². The van der Waals surface area contributed by atoms with Gasteiger partial charge >= 0.3 is 0 Å². The molecule has 2 heteroatoms. The van der Waals surface area contributed by atoms with Crippen molar-refractivity contribution in [2.24, 2.45) is 5.41 Å². The Balaban J connectivity index is 2.28. The van der Waals surface area contributed by atoms with Crippen LogP contribution in [0.25, 0.3) is 0 Å². The SMILES string of the molecule is CC(C)(C)C1C2CC(CP2)N1C(C)(C)C. The molecule has 4 atom stereocenters. The average molecular weight is 227 g/mol. The summed E-state index contributed by atoms with van der Waals surface area (Å²) in [5.41, 5.74) is 1.79. The molecule has 0 radical (unpaired) electrons. The molecule has 88 valence electrons. The van der Waals surface area contributed by atoms with Gasteiger partial charge in [0.1, 0.15) is 0 Å².